The lowest BCUT2D eigenvalue weighted by Crippen LogP contribution is -2.40. The van der Waals surface area contributed by atoms with Crippen molar-refractivity contribution in [3.8, 4) is 0 Å². The molecule has 1 N–H and O–H groups in total. The molecule has 1 aliphatic carbocycles. The number of benzene rings is 1. The average Bonchev–Trinajstić information content (AvgIpc) is 2.84. The molecular weight excluding hydrogens is 196 g/mol. The van der Waals surface area contributed by atoms with Gasteiger partial charge in [-0.3, -0.25) is 0 Å². The second-order valence-corrected chi connectivity index (χ2v) is 5.29. The molecular formula is C14H20N2. The highest BCUT2D eigenvalue weighted by atomic mass is 15.2. The molecule has 2 aliphatic rings. The fourth-order valence-corrected chi connectivity index (χ4v) is 3.08. The van der Waals surface area contributed by atoms with Crippen LogP contribution in [0.25, 0.3) is 0 Å². The molecule has 2 nitrogen and oxygen atoms in total. The second-order valence-electron chi connectivity index (χ2n) is 5.29. The highest BCUT2D eigenvalue weighted by Crippen LogP contribution is 2.22. The molecule has 1 unspecified atom stereocenters. The van der Waals surface area contributed by atoms with Gasteiger partial charge >= 0.3 is 0 Å². The van der Waals surface area contributed by atoms with Crippen molar-refractivity contribution in [3.63, 3.8) is 0 Å². The maximum atomic E-state index is 3.81. The molecule has 0 spiro atoms. The SMILES string of the molecule is CN1CCC(NC2Cc3ccccc3C2)C1. The van der Waals surface area contributed by atoms with Gasteiger partial charge in [0.05, 0.1) is 0 Å². The van der Waals surface area contributed by atoms with E-state index in [-0.39, 0.29) is 0 Å². The molecule has 3 rings (SSSR count). The number of hydrogen-bond donors (Lipinski definition) is 1. The molecule has 1 aromatic carbocycles. The number of nitrogens with one attached hydrogen (secondary N) is 1. The van der Waals surface area contributed by atoms with Gasteiger partial charge in [-0.25, -0.2) is 0 Å². The second kappa shape index (κ2) is 4.19. The molecule has 86 valence electrons. The monoisotopic (exact) mass is 216 g/mol. The Kier molecular flexibility index (Phi) is 2.70. The summed E-state index contributed by atoms with van der Waals surface area (Å²) in [4.78, 5) is 2.42. The third kappa shape index (κ3) is 2.00. The molecule has 1 aromatic rings. The molecule has 1 atom stereocenters. The van der Waals surface area contributed by atoms with Crippen LogP contribution in [0.4, 0.5) is 0 Å². The topological polar surface area (TPSA) is 15.3 Å². The van der Waals surface area contributed by atoms with E-state index in [9.17, 15) is 0 Å². The molecule has 1 saturated heterocycles. The predicted molar refractivity (Wildman–Crippen MR) is 66.7 cm³/mol. The summed E-state index contributed by atoms with van der Waals surface area (Å²) in [5.41, 5.74) is 3.10. The lowest BCUT2D eigenvalue weighted by molar-refractivity contribution is 0.382. The summed E-state index contributed by atoms with van der Waals surface area (Å²) in [5, 5.41) is 3.81. The first-order valence-electron chi connectivity index (χ1n) is 6.32. The van der Waals surface area contributed by atoms with Crippen molar-refractivity contribution in [1.29, 1.82) is 0 Å². The van der Waals surface area contributed by atoms with Crippen LogP contribution < -0.4 is 5.32 Å². The van der Waals surface area contributed by atoms with Gasteiger partial charge in [0.2, 0.25) is 0 Å². The van der Waals surface area contributed by atoms with Gasteiger partial charge in [-0.15, -0.1) is 0 Å². The van der Waals surface area contributed by atoms with Crippen LogP contribution >= 0.6 is 0 Å². The van der Waals surface area contributed by atoms with Gasteiger partial charge in [0.1, 0.15) is 0 Å². The van der Waals surface area contributed by atoms with E-state index in [2.05, 4.69) is 41.5 Å². The average molecular weight is 216 g/mol. The number of hydrogen-bond acceptors (Lipinski definition) is 2. The minimum atomic E-state index is 0.675. The van der Waals surface area contributed by atoms with Gasteiger partial charge in [-0.2, -0.15) is 0 Å². The van der Waals surface area contributed by atoms with Crippen LogP contribution in [0, 0.1) is 0 Å². The molecule has 0 amide bonds. The van der Waals surface area contributed by atoms with E-state index >= 15 is 0 Å². The maximum Gasteiger partial charge on any atom is 0.0209 e. The summed E-state index contributed by atoms with van der Waals surface area (Å²) in [7, 11) is 2.21. The van der Waals surface area contributed by atoms with E-state index in [1.165, 1.54) is 32.4 Å². The van der Waals surface area contributed by atoms with Crippen LogP contribution in [0.5, 0.6) is 0 Å². The zero-order valence-corrected chi connectivity index (χ0v) is 9.95. The largest absolute Gasteiger partial charge is 0.309 e. The summed E-state index contributed by atoms with van der Waals surface area (Å²) < 4.78 is 0. The Morgan fingerprint density at radius 2 is 1.81 bits per heavy atom. The lowest BCUT2D eigenvalue weighted by atomic mass is 10.1. The summed E-state index contributed by atoms with van der Waals surface area (Å²) in [6, 6.07) is 10.3. The minimum Gasteiger partial charge on any atom is -0.309 e. The van der Waals surface area contributed by atoms with E-state index < -0.39 is 0 Å². The van der Waals surface area contributed by atoms with E-state index in [4.69, 9.17) is 0 Å². The molecule has 16 heavy (non-hydrogen) atoms. The van der Waals surface area contributed by atoms with Gasteiger partial charge in [0.15, 0.2) is 0 Å². The van der Waals surface area contributed by atoms with Crippen molar-refractivity contribution in [2.24, 2.45) is 0 Å². The Balaban J connectivity index is 1.60. The molecule has 0 aromatic heterocycles. The van der Waals surface area contributed by atoms with Crippen LogP contribution in [-0.2, 0) is 12.8 Å². The molecule has 1 fully saturated rings. The summed E-state index contributed by atoms with van der Waals surface area (Å²) in [5.74, 6) is 0. The van der Waals surface area contributed by atoms with Gasteiger partial charge in [0, 0.05) is 18.6 Å². The third-order valence-electron chi connectivity index (χ3n) is 3.91. The van der Waals surface area contributed by atoms with Crippen LogP contribution in [0.3, 0.4) is 0 Å². The standard InChI is InChI=1S/C14H20N2/c1-16-7-6-13(10-16)15-14-8-11-4-2-3-5-12(11)9-14/h2-5,13-15H,6-10H2,1H3. The number of likely N-dealkylation sites (N-methyl/N-ethyl adjacent to an activating group) is 1. The van der Waals surface area contributed by atoms with E-state index in [1.54, 1.807) is 11.1 Å². The molecule has 0 radical (unpaired) electrons. The van der Waals surface area contributed by atoms with E-state index in [0.717, 1.165) is 0 Å². The Morgan fingerprint density at radius 1 is 1.12 bits per heavy atom. The quantitative estimate of drug-likeness (QED) is 0.805. The Labute approximate surface area is 97.6 Å². The minimum absolute atomic E-state index is 0.675. The fourth-order valence-electron chi connectivity index (χ4n) is 3.08. The lowest BCUT2D eigenvalue weighted by Gasteiger charge is -2.18. The van der Waals surface area contributed by atoms with Gasteiger partial charge in [-0.05, 0) is 44.0 Å². The predicted octanol–water partition coefficient (Wildman–Crippen LogP) is 1.45. The zero-order valence-electron chi connectivity index (χ0n) is 9.95. The highest BCUT2D eigenvalue weighted by molar-refractivity contribution is 5.33. The Bertz CT molecular complexity index is 350. The van der Waals surface area contributed by atoms with Crippen molar-refractivity contribution < 1.29 is 0 Å². The van der Waals surface area contributed by atoms with Crippen LogP contribution in [0.15, 0.2) is 24.3 Å². The highest BCUT2D eigenvalue weighted by Gasteiger charge is 2.26. The van der Waals surface area contributed by atoms with Crippen molar-refractivity contribution in [2.75, 3.05) is 20.1 Å². The fraction of sp³-hybridized carbons (Fsp3) is 0.571. The Hall–Kier alpha value is -0.860. The first kappa shape index (κ1) is 10.3. The molecule has 1 aliphatic heterocycles. The first-order valence-corrected chi connectivity index (χ1v) is 6.32. The van der Waals surface area contributed by atoms with Crippen molar-refractivity contribution in [2.45, 2.75) is 31.3 Å². The number of fused-ring (bicyclic) bond motifs is 1. The maximum absolute atomic E-state index is 3.81. The smallest absolute Gasteiger partial charge is 0.0209 e. The van der Waals surface area contributed by atoms with E-state index in [1.807, 2.05) is 0 Å². The third-order valence-corrected chi connectivity index (χ3v) is 3.91. The van der Waals surface area contributed by atoms with Gasteiger partial charge < -0.3 is 10.2 Å². The first-order chi connectivity index (χ1) is 7.81. The van der Waals surface area contributed by atoms with Crippen molar-refractivity contribution in [3.05, 3.63) is 35.4 Å². The Morgan fingerprint density at radius 3 is 2.38 bits per heavy atom. The van der Waals surface area contributed by atoms with Gasteiger partial charge in [0.25, 0.3) is 0 Å². The van der Waals surface area contributed by atoms with Gasteiger partial charge in [-0.1, -0.05) is 24.3 Å². The summed E-state index contributed by atoms with van der Waals surface area (Å²) in [6.07, 6.45) is 3.75. The number of nitrogens with zero attached hydrogens (tertiary/aromatic N) is 1. The van der Waals surface area contributed by atoms with Crippen molar-refractivity contribution in [1.82, 2.24) is 10.2 Å². The van der Waals surface area contributed by atoms with Crippen molar-refractivity contribution >= 4 is 0 Å². The number of likely N-dealkylation sites (tertiary alicyclic amines) is 1. The zero-order chi connectivity index (χ0) is 11.0. The summed E-state index contributed by atoms with van der Waals surface area (Å²) >= 11 is 0. The normalized spacial score (nSPS) is 26.2. The molecule has 0 bridgehead atoms. The van der Waals surface area contributed by atoms with Crippen LogP contribution in [-0.4, -0.2) is 37.1 Å². The van der Waals surface area contributed by atoms with Crippen LogP contribution in [0.1, 0.15) is 17.5 Å². The van der Waals surface area contributed by atoms with Crippen LogP contribution in [0.2, 0.25) is 0 Å². The molecule has 0 saturated carbocycles. The van der Waals surface area contributed by atoms with E-state index in [0.29, 0.717) is 12.1 Å². The molecule has 2 heteroatoms. The summed E-state index contributed by atoms with van der Waals surface area (Å²) in [6.45, 7) is 2.46. The molecule has 1 heterocycles. The number of rotatable bonds is 2.